The van der Waals surface area contributed by atoms with Crippen molar-refractivity contribution in [2.75, 3.05) is 31.2 Å². The number of hydrogen-bond donors (Lipinski definition) is 1. The van der Waals surface area contributed by atoms with Gasteiger partial charge in [0.1, 0.15) is 0 Å². The number of thioether (sulfide) groups is 1. The van der Waals surface area contributed by atoms with Gasteiger partial charge in [0.25, 0.3) is 0 Å². The Hall–Kier alpha value is -0.220. The van der Waals surface area contributed by atoms with E-state index in [1.54, 1.807) is 0 Å². The molecule has 3 nitrogen and oxygen atoms in total. The lowest BCUT2D eigenvalue weighted by Crippen LogP contribution is -2.27. The molecule has 4 heteroatoms. The van der Waals surface area contributed by atoms with Crippen molar-refractivity contribution in [1.82, 2.24) is 4.90 Å². The number of carbonyl (C=O) groups is 1. The number of aliphatic hydroxyl groups is 1. The summed E-state index contributed by atoms with van der Waals surface area (Å²) in [7, 11) is 0. The van der Waals surface area contributed by atoms with Crippen LogP contribution >= 0.6 is 11.8 Å². The van der Waals surface area contributed by atoms with Crippen molar-refractivity contribution in [2.45, 2.75) is 19.3 Å². The topological polar surface area (TPSA) is 40.5 Å². The molecule has 0 aliphatic carbocycles. The second-order valence-corrected chi connectivity index (χ2v) is 4.40. The van der Waals surface area contributed by atoms with Crippen LogP contribution in [0.4, 0.5) is 0 Å². The zero-order chi connectivity index (χ0) is 9.52. The zero-order valence-corrected chi connectivity index (χ0v) is 8.68. The summed E-state index contributed by atoms with van der Waals surface area (Å²) in [6.45, 7) is 2.10. The van der Waals surface area contributed by atoms with Gasteiger partial charge in [-0.05, 0) is 18.6 Å². The average molecular weight is 203 g/mol. The Kier molecular flexibility index (Phi) is 5.23. The van der Waals surface area contributed by atoms with E-state index in [-0.39, 0.29) is 6.61 Å². The first-order chi connectivity index (χ1) is 6.34. The van der Waals surface area contributed by atoms with Gasteiger partial charge in [0.05, 0.1) is 0 Å². The van der Waals surface area contributed by atoms with E-state index in [4.69, 9.17) is 5.11 Å². The minimum atomic E-state index is 0.273. The smallest absolute Gasteiger partial charge is 0.222 e. The minimum Gasteiger partial charge on any atom is -0.396 e. The van der Waals surface area contributed by atoms with Crippen molar-refractivity contribution in [3.8, 4) is 0 Å². The molecule has 1 saturated heterocycles. The molecule has 1 rings (SSSR count). The number of carbonyl (C=O) groups excluding carboxylic acids is 1. The van der Waals surface area contributed by atoms with Crippen LogP contribution in [0.3, 0.4) is 0 Å². The van der Waals surface area contributed by atoms with E-state index in [0.717, 1.165) is 43.9 Å². The molecule has 0 aromatic heterocycles. The van der Waals surface area contributed by atoms with Crippen LogP contribution in [-0.4, -0.2) is 47.1 Å². The maximum Gasteiger partial charge on any atom is 0.222 e. The first kappa shape index (κ1) is 10.9. The molecule has 1 N–H and O–H groups in total. The summed E-state index contributed by atoms with van der Waals surface area (Å²) >= 11 is 1.81. The van der Waals surface area contributed by atoms with Gasteiger partial charge >= 0.3 is 0 Å². The molecule has 1 fully saturated rings. The number of hydrogen-bond acceptors (Lipinski definition) is 3. The van der Waals surface area contributed by atoms with Crippen LogP contribution in [0.2, 0.25) is 0 Å². The molecule has 0 radical (unpaired) electrons. The highest BCUT2D eigenvalue weighted by Gasteiger charge is 2.18. The fraction of sp³-hybridized carbons (Fsp3) is 0.889. The maximum absolute atomic E-state index is 11.2. The van der Waals surface area contributed by atoms with Gasteiger partial charge < -0.3 is 10.0 Å². The van der Waals surface area contributed by atoms with Crippen molar-refractivity contribution < 1.29 is 9.90 Å². The summed E-state index contributed by atoms with van der Waals surface area (Å²) in [4.78, 5) is 13.1. The molecule has 76 valence electrons. The molecular formula is C9H17NO2S. The van der Waals surface area contributed by atoms with E-state index in [2.05, 4.69) is 0 Å². The lowest BCUT2D eigenvalue weighted by molar-refractivity contribution is -0.127. The highest BCUT2D eigenvalue weighted by Crippen LogP contribution is 2.11. The number of likely N-dealkylation sites (tertiary alicyclic amines) is 1. The molecule has 1 heterocycles. The molecule has 0 spiro atoms. The Morgan fingerprint density at radius 3 is 2.92 bits per heavy atom. The van der Waals surface area contributed by atoms with Crippen molar-refractivity contribution in [2.24, 2.45) is 0 Å². The predicted molar refractivity (Wildman–Crippen MR) is 54.8 cm³/mol. The van der Waals surface area contributed by atoms with E-state index in [9.17, 15) is 4.79 Å². The standard InChI is InChI=1S/C9H17NO2S/c11-6-2-7-13-8-5-10-4-1-3-9(10)12/h11H,1-8H2. The van der Waals surface area contributed by atoms with Crippen LogP contribution in [-0.2, 0) is 4.79 Å². The van der Waals surface area contributed by atoms with Crippen molar-refractivity contribution in [1.29, 1.82) is 0 Å². The Balaban J connectivity index is 1.96. The lowest BCUT2D eigenvalue weighted by Gasteiger charge is -2.14. The van der Waals surface area contributed by atoms with Gasteiger partial charge in [-0.1, -0.05) is 0 Å². The predicted octanol–water partition coefficient (Wildman–Crippen LogP) is 0.724. The van der Waals surface area contributed by atoms with E-state index in [1.165, 1.54) is 0 Å². The third-order valence-electron chi connectivity index (χ3n) is 2.12. The molecule has 0 saturated carbocycles. The maximum atomic E-state index is 11.2. The Labute approximate surface area is 83.5 Å². The fourth-order valence-corrected chi connectivity index (χ4v) is 2.27. The van der Waals surface area contributed by atoms with E-state index in [0.29, 0.717) is 5.91 Å². The first-order valence-corrected chi connectivity index (χ1v) is 5.96. The molecule has 1 aliphatic heterocycles. The molecule has 0 aromatic carbocycles. The molecule has 13 heavy (non-hydrogen) atoms. The Morgan fingerprint density at radius 2 is 2.31 bits per heavy atom. The van der Waals surface area contributed by atoms with Crippen LogP contribution in [0.25, 0.3) is 0 Å². The SMILES string of the molecule is O=C1CCCN1CCSCCCO. The first-order valence-electron chi connectivity index (χ1n) is 4.81. The second-order valence-electron chi connectivity index (χ2n) is 3.17. The van der Waals surface area contributed by atoms with Gasteiger partial charge in [-0.15, -0.1) is 0 Å². The molecule has 0 atom stereocenters. The van der Waals surface area contributed by atoms with Crippen molar-refractivity contribution in [3.05, 3.63) is 0 Å². The van der Waals surface area contributed by atoms with Crippen LogP contribution in [0.1, 0.15) is 19.3 Å². The summed E-state index contributed by atoms with van der Waals surface area (Å²) in [6.07, 6.45) is 2.63. The summed E-state index contributed by atoms with van der Waals surface area (Å²) in [5.74, 6) is 2.31. The second kappa shape index (κ2) is 6.27. The summed E-state index contributed by atoms with van der Waals surface area (Å²) in [6, 6.07) is 0. The molecule has 0 unspecified atom stereocenters. The van der Waals surface area contributed by atoms with Crippen molar-refractivity contribution in [3.63, 3.8) is 0 Å². The summed E-state index contributed by atoms with van der Waals surface area (Å²) < 4.78 is 0. The van der Waals surface area contributed by atoms with Crippen LogP contribution in [0.5, 0.6) is 0 Å². The van der Waals surface area contributed by atoms with Crippen LogP contribution < -0.4 is 0 Å². The van der Waals surface area contributed by atoms with Gasteiger partial charge in [-0.3, -0.25) is 4.79 Å². The zero-order valence-electron chi connectivity index (χ0n) is 7.87. The monoisotopic (exact) mass is 203 g/mol. The molecule has 1 aliphatic rings. The minimum absolute atomic E-state index is 0.273. The van der Waals surface area contributed by atoms with Crippen molar-refractivity contribution >= 4 is 17.7 Å². The molecule has 0 aromatic rings. The van der Waals surface area contributed by atoms with Gasteiger partial charge in [0, 0.05) is 31.9 Å². The van der Waals surface area contributed by atoms with Gasteiger partial charge in [-0.25, -0.2) is 0 Å². The van der Waals surface area contributed by atoms with Gasteiger partial charge in [0.2, 0.25) is 5.91 Å². The number of aliphatic hydroxyl groups excluding tert-OH is 1. The number of rotatable bonds is 6. The summed E-state index contributed by atoms with van der Waals surface area (Å²) in [5, 5.41) is 8.54. The van der Waals surface area contributed by atoms with Crippen LogP contribution in [0.15, 0.2) is 0 Å². The third-order valence-corrected chi connectivity index (χ3v) is 3.17. The third kappa shape index (κ3) is 4.00. The van der Waals surface area contributed by atoms with Gasteiger partial charge in [-0.2, -0.15) is 11.8 Å². The molecular weight excluding hydrogens is 186 g/mol. The highest BCUT2D eigenvalue weighted by atomic mass is 32.2. The molecule has 1 amide bonds. The Bertz CT molecular complexity index is 164. The number of amides is 1. The van der Waals surface area contributed by atoms with Gasteiger partial charge in [0.15, 0.2) is 0 Å². The van der Waals surface area contributed by atoms with E-state index in [1.807, 2.05) is 16.7 Å². The largest absolute Gasteiger partial charge is 0.396 e. The van der Waals surface area contributed by atoms with E-state index >= 15 is 0 Å². The lowest BCUT2D eigenvalue weighted by atomic mass is 10.4. The molecule has 0 bridgehead atoms. The Morgan fingerprint density at radius 1 is 1.46 bits per heavy atom. The quantitative estimate of drug-likeness (QED) is 0.647. The van der Waals surface area contributed by atoms with Crippen LogP contribution in [0, 0.1) is 0 Å². The average Bonchev–Trinajstić information content (AvgIpc) is 2.52. The van der Waals surface area contributed by atoms with E-state index < -0.39 is 0 Å². The number of nitrogens with zero attached hydrogens (tertiary/aromatic N) is 1. The fourth-order valence-electron chi connectivity index (χ4n) is 1.38. The highest BCUT2D eigenvalue weighted by molar-refractivity contribution is 7.99. The summed E-state index contributed by atoms with van der Waals surface area (Å²) in [5.41, 5.74) is 0. The normalized spacial score (nSPS) is 17.0.